The molecule has 1 N–H and O–H groups in total. The molecule has 0 aliphatic carbocycles. The van der Waals surface area contributed by atoms with Crippen LogP contribution in [0, 0.1) is 0 Å². The minimum Gasteiger partial charge on any atom is -0.497 e. The molecule has 1 amide bonds. The number of nitrogens with zero attached hydrogens (tertiary/aromatic N) is 1. The fourth-order valence-corrected chi connectivity index (χ4v) is 2.12. The second-order valence-electron chi connectivity index (χ2n) is 4.52. The number of carbonyl (C=O) groups is 1. The van der Waals surface area contributed by atoms with E-state index in [-0.39, 0.29) is 5.91 Å². The van der Waals surface area contributed by atoms with E-state index in [1.165, 1.54) is 0 Å². The molecule has 0 bridgehead atoms. The quantitative estimate of drug-likeness (QED) is 0.838. The largest absolute Gasteiger partial charge is 0.497 e. The van der Waals surface area contributed by atoms with E-state index < -0.39 is 0 Å². The minimum atomic E-state index is 0.0244. The zero-order valence-electron chi connectivity index (χ0n) is 11.9. The summed E-state index contributed by atoms with van der Waals surface area (Å²) < 4.78 is 10.5. The van der Waals surface area contributed by atoms with Gasteiger partial charge in [0.25, 0.3) is 0 Å². The highest BCUT2D eigenvalue weighted by Gasteiger charge is 2.13. The van der Waals surface area contributed by atoms with E-state index in [4.69, 9.17) is 9.47 Å². The van der Waals surface area contributed by atoms with Crippen molar-refractivity contribution in [2.75, 3.05) is 40.4 Å². The molecule has 2 rings (SSSR count). The molecule has 0 radical (unpaired) electrons. The molecular weight excluding hydrogens is 256 g/mol. The standard InChI is InChI=1S/C15H20N2O3/c1-19-13-4-5-14(20-2)12(11-13)3-6-15(18)17-9-7-16-8-10-17/h3-6,11,16H,7-10H2,1-2H3/b6-3+. The monoisotopic (exact) mass is 276 g/mol. The number of methoxy groups -OCH3 is 2. The number of hydrogen-bond donors (Lipinski definition) is 1. The maximum Gasteiger partial charge on any atom is 0.246 e. The van der Waals surface area contributed by atoms with Gasteiger partial charge in [0, 0.05) is 37.8 Å². The van der Waals surface area contributed by atoms with E-state index in [1.807, 2.05) is 23.1 Å². The molecule has 0 aromatic heterocycles. The Hall–Kier alpha value is -2.01. The zero-order chi connectivity index (χ0) is 14.4. The van der Waals surface area contributed by atoms with Crippen LogP contribution in [0.5, 0.6) is 11.5 Å². The number of piperazine rings is 1. The molecule has 108 valence electrons. The van der Waals surface area contributed by atoms with Crippen molar-refractivity contribution in [3.05, 3.63) is 29.8 Å². The third-order valence-electron chi connectivity index (χ3n) is 3.27. The summed E-state index contributed by atoms with van der Waals surface area (Å²) in [5.74, 6) is 1.48. The molecule has 0 spiro atoms. The second-order valence-corrected chi connectivity index (χ2v) is 4.52. The van der Waals surface area contributed by atoms with Gasteiger partial charge in [-0.05, 0) is 24.3 Å². The van der Waals surface area contributed by atoms with Crippen LogP contribution in [0.15, 0.2) is 24.3 Å². The first-order valence-electron chi connectivity index (χ1n) is 6.64. The van der Waals surface area contributed by atoms with Gasteiger partial charge in [0.05, 0.1) is 14.2 Å². The zero-order valence-corrected chi connectivity index (χ0v) is 11.9. The first-order valence-corrected chi connectivity index (χ1v) is 6.64. The van der Waals surface area contributed by atoms with Crippen LogP contribution in [0.1, 0.15) is 5.56 Å². The molecule has 5 nitrogen and oxygen atoms in total. The predicted octanol–water partition coefficient (Wildman–Crippen LogP) is 1.15. The number of carbonyl (C=O) groups excluding carboxylic acids is 1. The summed E-state index contributed by atoms with van der Waals surface area (Å²) >= 11 is 0. The van der Waals surface area contributed by atoms with Gasteiger partial charge < -0.3 is 19.7 Å². The van der Waals surface area contributed by atoms with Gasteiger partial charge >= 0.3 is 0 Å². The van der Waals surface area contributed by atoms with Crippen LogP contribution >= 0.6 is 0 Å². The van der Waals surface area contributed by atoms with Crippen molar-refractivity contribution in [1.29, 1.82) is 0 Å². The van der Waals surface area contributed by atoms with E-state index in [0.717, 1.165) is 43.2 Å². The average molecular weight is 276 g/mol. The summed E-state index contributed by atoms with van der Waals surface area (Å²) in [7, 11) is 3.22. The fourth-order valence-electron chi connectivity index (χ4n) is 2.12. The lowest BCUT2D eigenvalue weighted by molar-refractivity contribution is -0.126. The third-order valence-corrected chi connectivity index (χ3v) is 3.27. The first-order chi connectivity index (χ1) is 9.74. The number of nitrogens with one attached hydrogen (secondary N) is 1. The Morgan fingerprint density at radius 1 is 1.25 bits per heavy atom. The number of hydrogen-bond acceptors (Lipinski definition) is 4. The second kappa shape index (κ2) is 6.96. The molecule has 0 saturated carbocycles. The average Bonchev–Trinajstić information content (AvgIpc) is 2.53. The van der Waals surface area contributed by atoms with Crippen molar-refractivity contribution in [2.24, 2.45) is 0 Å². The fraction of sp³-hybridized carbons (Fsp3) is 0.400. The lowest BCUT2D eigenvalue weighted by Crippen LogP contribution is -2.45. The van der Waals surface area contributed by atoms with Gasteiger partial charge in [-0.25, -0.2) is 0 Å². The van der Waals surface area contributed by atoms with Crippen LogP contribution in [-0.2, 0) is 4.79 Å². The SMILES string of the molecule is COc1ccc(OC)c(/C=C/C(=O)N2CCNCC2)c1. The lowest BCUT2D eigenvalue weighted by atomic mass is 10.1. The number of ether oxygens (including phenoxy) is 2. The first kappa shape index (κ1) is 14.4. The van der Waals surface area contributed by atoms with Crippen LogP contribution in [0.25, 0.3) is 6.08 Å². The van der Waals surface area contributed by atoms with Crippen molar-refractivity contribution in [2.45, 2.75) is 0 Å². The Labute approximate surface area is 119 Å². The molecule has 1 aliphatic heterocycles. The summed E-state index contributed by atoms with van der Waals surface area (Å²) in [5, 5.41) is 3.22. The minimum absolute atomic E-state index is 0.0244. The van der Waals surface area contributed by atoms with Crippen LogP contribution in [0.3, 0.4) is 0 Å². The molecular formula is C15H20N2O3. The predicted molar refractivity (Wildman–Crippen MR) is 78.0 cm³/mol. The maximum atomic E-state index is 12.1. The normalized spacial score (nSPS) is 15.4. The van der Waals surface area contributed by atoms with Crippen molar-refractivity contribution in [3.63, 3.8) is 0 Å². The molecule has 0 atom stereocenters. The van der Waals surface area contributed by atoms with Gasteiger partial charge in [0.15, 0.2) is 0 Å². The summed E-state index contributed by atoms with van der Waals surface area (Å²) in [6, 6.07) is 5.50. The number of amides is 1. The van der Waals surface area contributed by atoms with Gasteiger partial charge in [0.2, 0.25) is 5.91 Å². The molecule has 1 fully saturated rings. The van der Waals surface area contributed by atoms with E-state index >= 15 is 0 Å². The Morgan fingerprint density at radius 2 is 2.00 bits per heavy atom. The summed E-state index contributed by atoms with van der Waals surface area (Å²) in [6.07, 6.45) is 3.36. The molecule has 5 heteroatoms. The van der Waals surface area contributed by atoms with Gasteiger partial charge in [-0.1, -0.05) is 0 Å². The van der Waals surface area contributed by atoms with Crippen molar-refractivity contribution in [1.82, 2.24) is 10.2 Å². The van der Waals surface area contributed by atoms with Gasteiger partial charge in [-0.2, -0.15) is 0 Å². The van der Waals surface area contributed by atoms with Crippen LogP contribution in [0.2, 0.25) is 0 Å². The van der Waals surface area contributed by atoms with Gasteiger partial charge in [0.1, 0.15) is 11.5 Å². The number of benzene rings is 1. The highest BCUT2D eigenvalue weighted by atomic mass is 16.5. The van der Waals surface area contributed by atoms with Gasteiger partial charge in [-0.15, -0.1) is 0 Å². The van der Waals surface area contributed by atoms with E-state index in [1.54, 1.807) is 26.4 Å². The Kier molecular flexibility index (Phi) is 5.01. The highest BCUT2D eigenvalue weighted by molar-refractivity contribution is 5.92. The molecule has 0 unspecified atom stereocenters. The third kappa shape index (κ3) is 3.51. The molecule has 20 heavy (non-hydrogen) atoms. The van der Waals surface area contributed by atoms with E-state index in [2.05, 4.69) is 5.32 Å². The lowest BCUT2D eigenvalue weighted by Gasteiger charge is -2.26. The molecule has 1 aromatic carbocycles. The Bertz CT molecular complexity index is 494. The molecule has 1 aliphatic rings. The maximum absolute atomic E-state index is 12.1. The van der Waals surface area contributed by atoms with Crippen molar-refractivity contribution < 1.29 is 14.3 Å². The molecule has 1 saturated heterocycles. The summed E-state index contributed by atoms with van der Waals surface area (Å²) in [4.78, 5) is 13.9. The summed E-state index contributed by atoms with van der Waals surface area (Å²) in [6.45, 7) is 3.20. The topological polar surface area (TPSA) is 50.8 Å². The number of rotatable bonds is 4. The highest BCUT2D eigenvalue weighted by Crippen LogP contribution is 2.25. The summed E-state index contributed by atoms with van der Waals surface area (Å²) in [5.41, 5.74) is 0.829. The van der Waals surface area contributed by atoms with Crippen LogP contribution in [0.4, 0.5) is 0 Å². The van der Waals surface area contributed by atoms with Gasteiger partial charge in [-0.3, -0.25) is 4.79 Å². The van der Waals surface area contributed by atoms with Crippen molar-refractivity contribution in [3.8, 4) is 11.5 Å². The van der Waals surface area contributed by atoms with E-state index in [0.29, 0.717) is 0 Å². The van der Waals surface area contributed by atoms with E-state index in [9.17, 15) is 4.79 Å². The Morgan fingerprint density at radius 3 is 2.65 bits per heavy atom. The molecule has 1 aromatic rings. The van der Waals surface area contributed by atoms with Crippen LogP contribution in [-0.4, -0.2) is 51.2 Å². The molecule has 1 heterocycles. The van der Waals surface area contributed by atoms with Crippen molar-refractivity contribution >= 4 is 12.0 Å². The van der Waals surface area contributed by atoms with Crippen LogP contribution < -0.4 is 14.8 Å². The smallest absolute Gasteiger partial charge is 0.246 e. The Balaban J connectivity index is 2.11.